The molecule has 0 aliphatic carbocycles. The number of aromatic nitrogens is 8. The predicted octanol–water partition coefficient (Wildman–Crippen LogP) is 22.4. The van der Waals surface area contributed by atoms with Gasteiger partial charge in [0, 0.05) is 96.8 Å². The summed E-state index contributed by atoms with van der Waals surface area (Å²) in [5.74, 6) is -8.80. The number of ether oxygens (including phenoxy) is 7. The van der Waals surface area contributed by atoms with Gasteiger partial charge in [-0.05, 0) is 220 Å². The number of fused-ring (bicyclic) bond motifs is 4. The molecule has 32 heteroatoms. The predicted molar refractivity (Wildman–Crippen MR) is 463 cm³/mol. The highest BCUT2D eigenvalue weighted by Crippen LogP contribution is 2.37. The molecule has 0 atom stereocenters. The van der Waals surface area contributed by atoms with Crippen molar-refractivity contribution >= 4 is 130 Å². The van der Waals surface area contributed by atoms with Gasteiger partial charge in [-0.1, -0.05) is 84.9 Å². The Kier molecular flexibility index (Phi) is 27.1. The normalized spacial score (nSPS) is 11.6. The summed E-state index contributed by atoms with van der Waals surface area (Å²) in [6.45, 7) is 25.3. The van der Waals surface area contributed by atoms with Crippen LogP contribution in [0.15, 0.2) is 216 Å². The van der Waals surface area contributed by atoms with Crippen LogP contribution in [0.3, 0.4) is 0 Å². The number of nitrogens with one attached hydrogen (secondary N) is 1. The number of phenolic OH excluding ortho intramolecular Hbond substituents is 2. The summed E-state index contributed by atoms with van der Waals surface area (Å²) in [4.78, 5) is 135. The summed E-state index contributed by atoms with van der Waals surface area (Å²) in [5.41, 5.74) is -0.605. The molecule has 8 heterocycles. The Balaban J connectivity index is 0.000000165. The van der Waals surface area contributed by atoms with Crippen molar-refractivity contribution < 1.29 is 104 Å². The van der Waals surface area contributed by atoms with Crippen LogP contribution < -0.4 is 9.47 Å². The van der Waals surface area contributed by atoms with Crippen molar-refractivity contribution in [3.8, 4) is 45.3 Å². The molecule has 3 N–H and O–H groups in total. The molecule has 0 saturated heterocycles. The molecule has 0 saturated carbocycles. The quantitative estimate of drug-likeness (QED) is 0.0336. The lowest BCUT2D eigenvalue weighted by Crippen LogP contribution is -2.27. The van der Waals surface area contributed by atoms with Crippen LogP contribution in [0.1, 0.15) is 168 Å². The van der Waals surface area contributed by atoms with Crippen LogP contribution in [-0.4, -0.2) is 131 Å². The van der Waals surface area contributed by atoms with Gasteiger partial charge in [0.2, 0.25) is 0 Å². The molecule has 6 aromatic carbocycles. The minimum atomic E-state index is -1.11. The third-order valence-corrected chi connectivity index (χ3v) is 18.3. The van der Waals surface area contributed by atoms with Crippen molar-refractivity contribution in [2.24, 2.45) is 0 Å². The molecular weight excluding hydrogens is 1750 g/mol. The van der Waals surface area contributed by atoms with Crippen molar-refractivity contribution in [1.82, 2.24) is 38.6 Å². The molecule has 0 unspecified atom stereocenters. The number of benzene rings is 6. The fraction of sp³-hybridized carbons (Fsp3) is 0.215. The van der Waals surface area contributed by atoms with E-state index in [4.69, 9.17) is 33.2 Å². The van der Waals surface area contributed by atoms with Gasteiger partial charge in [-0.3, -0.25) is 19.2 Å². The Morgan fingerprint density at radius 2 is 0.640 bits per heavy atom. The van der Waals surface area contributed by atoms with Crippen molar-refractivity contribution in [3.05, 3.63) is 284 Å². The van der Waals surface area contributed by atoms with Crippen LogP contribution in [-0.2, 0) is 23.7 Å². The highest BCUT2D eigenvalue weighted by atomic mass is 79.9. The number of H-pyrrole nitrogens is 1. The van der Waals surface area contributed by atoms with Gasteiger partial charge in [0.25, 0.3) is 0 Å². The van der Waals surface area contributed by atoms with Gasteiger partial charge in [-0.25, -0.2) is 75.2 Å². The number of hydrogen-bond donors (Lipinski definition) is 3. The molecule has 0 amide bonds. The summed E-state index contributed by atoms with van der Waals surface area (Å²) in [6, 6.07) is 41.0. The largest absolute Gasteiger partial charge is 0.514 e. The number of aromatic amines is 1. The fourth-order valence-electron chi connectivity index (χ4n) is 12.2. The second-order valence-corrected chi connectivity index (χ2v) is 34.7. The molecule has 14 aromatic rings. The first kappa shape index (κ1) is 91.7. The highest BCUT2D eigenvalue weighted by Gasteiger charge is 2.33. The maximum Gasteiger partial charge on any atom is 0.514 e. The monoisotopic (exact) mass is 1830 g/mol. The van der Waals surface area contributed by atoms with E-state index >= 15 is 8.78 Å². The summed E-state index contributed by atoms with van der Waals surface area (Å²) < 4.78 is 100. The Morgan fingerprint density at radius 1 is 0.336 bits per heavy atom. The van der Waals surface area contributed by atoms with E-state index in [0.717, 1.165) is 40.9 Å². The lowest BCUT2D eigenvalue weighted by molar-refractivity contribution is 0.0185. The highest BCUT2D eigenvalue weighted by molar-refractivity contribution is 9.10. The number of carbonyl (C=O) groups excluding carboxylic acids is 9. The van der Waals surface area contributed by atoms with Crippen molar-refractivity contribution in [1.29, 1.82) is 0 Å². The zero-order chi connectivity index (χ0) is 91.3. The third-order valence-electron chi connectivity index (χ3n) is 17.4. The minimum absolute atomic E-state index is 0.0166. The number of rotatable bonds is 12. The molecule has 26 nitrogen and oxygen atoms in total. The third kappa shape index (κ3) is 22.3. The molecule has 0 spiro atoms. The number of aromatic hydroxyl groups is 2. The first-order valence-corrected chi connectivity index (χ1v) is 39.9. The summed E-state index contributed by atoms with van der Waals surface area (Å²) in [5, 5.41) is 20.6. The van der Waals surface area contributed by atoms with E-state index in [2.05, 4.69) is 56.8 Å². The summed E-state index contributed by atoms with van der Waals surface area (Å²) >= 11 is 6.58. The van der Waals surface area contributed by atoms with Crippen LogP contribution in [0.2, 0.25) is 0 Å². The van der Waals surface area contributed by atoms with E-state index in [9.17, 15) is 62.1 Å². The fourth-order valence-corrected chi connectivity index (χ4v) is 12.8. The molecule has 644 valence electrons. The molecule has 0 aliphatic heterocycles. The lowest BCUT2D eigenvalue weighted by Gasteiger charge is -2.19. The van der Waals surface area contributed by atoms with Crippen molar-refractivity contribution in [2.75, 3.05) is 0 Å². The SMILES string of the molecule is CC(C)(C)OC(=O)Oc1cccc(C(=O)c2cn(C(=O)OC(C)(C)C)c3ncc(-c4ccccc4)cc23)c1F.CC(C)(C)OC(=O)Oc1cccc(C(=O)c2cn(C(=O)OC(C)(C)C)c3ncc(Br)cc23)c1F.CC(C)(C)OC(=O)n1cc(C(=O)c2cccc(O)c2F)c2cc(-c3ccccc3)cnc21.O=C(c1cccc(O)c1F)c1c[nH]c2ncc(Br)cc12. The second-order valence-electron chi connectivity index (χ2n) is 32.8. The Morgan fingerprint density at radius 3 is 0.992 bits per heavy atom. The lowest BCUT2D eigenvalue weighted by atomic mass is 10.0. The number of ketones is 4. The van der Waals surface area contributed by atoms with E-state index in [1.165, 1.54) is 97.7 Å². The maximum atomic E-state index is 15.5. The minimum Gasteiger partial charge on any atom is -0.505 e. The van der Waals surface area contributed by atoms with Gasteiger partial charge < -0.3 is 48.4 Å². The summed E-state index contributed by atoms with van der Waals surface area (Å²) in [7, 11) is 0. The number of carbonyl (C=O) groups is 9. The Labute approximate surface area is 729 Å². The zero-order valence-electron chi connectivity index (χ0n) is 70.0. The zero-order valence-corrected chi connectivity index (χ0v) is 73.1. The number of hydrogen-bond acceptors (Lipinski definition) is 22. The topological polar surface area (TPSA) is 341 Å². The van der Waals surface area contributed by atoms with E-state index in [1.54, 1.807) is 147 Å². The number of pyridine rings is 4. The van der Waals surface area contributed by atoms with Crippen molar-refractivity contribution in [3.63, 3.8) is 0 Å². The Bertz CT molecular complexity index is 6570. The van der Waals surface area contributed by atoms with Crippen LogP contribution in [0.5, 0.6) is 23.0 Å². The average molecular weight is 1840 g/mol. The van der Waals surface area contributed by atoms with Gasteiger partial charge >= 0.3 is 30.6 Å². The molecule has 0 fully saturated rings. The van der Waals surface area contributed by atoms with Crippen LogP contribution in [0.25, 0.3) is 66.4 Å². The molecule has 0 radical (unpaired) electrons. The van der Waals surface area contributed by atoms with E-state index < -0.39 is 128 Å². The maximum absolute atomic E-state index is 15.5. The Hall–Kier alpha value is -14.0. The van der Waals surface area contributed by atoms with Crippen LogP contribution in [0.4, 0.5) is 41.5 Å². The average Bonchev–Trinajstić information content (AvgIpc) is 1.63. The number of nitrogens with zero attached hydrogens (tertiary/aromatic N) is 7. The second kappa shape index (κ2) is 37.0. The van der Waals surface area contributed by atoms with Gasteiger partial charge in [0.05, 0.1) is 38.9 Å². The van der Waals surface area contributed by atoms with E-state index in [1.807, 2.05) is 60.7 Å². The van der Waals surface area contributed by atoms with Gasteiger partial charge in [-0.2, -0.15) is 0 Å². The van der Waals surface area contributed by atoms with Crippen molar-refractivity contribution in [2.45, 2.75) is 132 Å². The van der Waals surface area contributed by atoms with Gasteiger partial charge in [0.15, 0.2) is 69.4 Å². The number of halogens is 6. The van der Waals surface area contributed by atoms with Gasteiger partial charge in [0.1, 0.15) is 50.6 Å². The smallest absolute Gasteiger partial charge is 0.505 e. The molecule has 0 aliphatic rings. The van der Waals surface area contributed by atoms with Crippen LogP contribution in [0, 0.1) is 23.3 Å². The standard InChI is InChI=1S/C30H29FN2O6.C25H21FN2O4.C24H24BrFN2O6.C14H8BrFN2O2/c1-29(2,3)38-27(35)33-17-22(21-15-19(16-32-26(21)33)18-11-8-7-9-12-18)25(34)20-13-10-14-23(24(20)31)37-28(36)39-30(4,5)6;1-25(2,3)32-24(31)28-14-19(22(30)17-10-7-11-20(29)21(17)26)18-12-16(13-27-23(18)28)15-8-5-4-6-9-15;1-23(2,3)33-21(30)28-12-16(15-10-13(25)11-27-20(15)28)19(29)14-8-7-9-17(18(14)26)32-22(31)34-24(4,5)6;15-7-4-9-10(6-18-14(9)17-5-7)13(20)8-2-1-3-11(19)12(8)16/h7-17H,1-6H3;4-14,29H,1-3H3;7-12H,1-6H3;1-6,19H,(H,17,18). The van der Waals surface area contributed by atoms with E-state index in [0.29, 0.717) is 42.8 Å². The molecular formula is C93H82Br2F4N8O18. The van der Waals surface area contributed by atoms with Crippen LogP contribution >= 0.6 is 31.9 Å². The van der Waals surface area contributed by atoms with E-state index in [-0.39, 0.29) is 55.9 Å². The molecule has 8 aromatic heterocycles. The molecule has 0 bridgehead atoms. The first-order chi connectivity index (χ1) is 58.6. The number of phenols is 2. The first-order valence-electron chi connectivity index (χ1n) is 38.3. The molecule has 14 rings (SSSR count). The summed E-state index contributed by atoms with van der Waals surface area (Å²) in [6.07, 6.45) is 7.16. The van der Waals surface area contributed by atoms with Gasteiger partial charge in [-0.15, -0.1) is 0 Å². The molecule has 125 heavy (non-hydrogen) atoms.